The van der Waals surface area contributed by atoms with Crippen molar-refractivity contribution in [2.24, 2.45) is 0 Å². The van der Waals surface area contributed by atoms with Gasteiger partial charge in [-0.15, -0.1) is 6.58 Å². The molecule has 0 N–H and O–H groups in total. The van der Waals surface area contributed by atoms with Crippen LogP contribution >= 0.6 is 11.6 Å². The standard InChI is InChI=1S/C13H14Cl/c1-3-9(2)11-5-4-6-12(14)13(11)10-7-8-10/h3-6,9-10H,1-2,7-8H2. The fourth-order valence-electron chi connectivity index (χ4n) is 1.81. The molecular weight excluding hydrogens is 192 g/mol. The summed E-state index contributed by atoms with van der Waals surface area (Å²) in [7, 11) is 0. The molecule has 2 rings (SSSR count). The zero-order valence-electron chi connectivity index (χ0n) is 8.17. The molecule has 1 fully saturated rings. The van der Waals surface area contributed by atoms with Gasteiger partial charge in [-0.3, -0.25) is 0 Å². The van der Waals surface area contributed by atoms with Gasteiger partial charge in [-0.25, -0.2) is 0 Å². The van der Waals surface area contributed by atoms with E-state index in [1.807, 2.05) is 18.2 Å². The van der Waals surface area contributed by atoms with Gasteiger partial charge in [0.25, 0.3) is 0 Å². The highest BCUT2D eigenvalue weighted by molar-refractivity contribution is 6.31. The summed E-state index contributed by atoms with van der Waals surface area (Å²) in [5, 5.41) is 0.889. The lowest BCUT2D eigenvalue weighted by atomic mass is 9.93. The molecule has 0 spiro atoms. The van der Waals surface area contributed by atoms with Crippen molar-refractivity contribution in [3.8, 4) is 0 Å². The summed E-state index contributed by atoms with van der Waals surface area (Å²) in [6.07, 6.45) is 4.40. The second kappa shape index (κ2) is 3.78. The Labute approximate surface area is 90.6 Å². The SMILES string of the molecule is [CH2]C(C=C)c1cccc(Cl)c1C1CC1. The summed E-state index contributed by atoms with van der Waals surface area (Å²) < 4.78 is 0. The molecule has 1 unspecified atom stereocenters. The van der Waals surface area contributed by atoms with E-state index in [0.717, 1.165) is 5.02 Å². The van der Waals surface area contributed by atoms with Gasteiger partial charge in [-0.2, -0.15) is 0 Å². The maximum atomic E-state index is 6.20. The molecule has 1 aliphatic carbocycles. The zero-order chi connectivity index (χ0) is 10.1. The highest BCUT2D eigenvalue weighted by Crippen LogP contribution is 2.46. The lowest BCUT2D eigenvalue weighted by Crippen LogP contribution is -1.96. The minimum atomic E-state index is 0.157. The lowest BCUT2D eigenvalue weighted by Gasteiger charge is -2.14. The molecule has 1 aromatic rings. The Morgan fingerprint density at radius 1 is 1.43 bits per heavy atom. The van der Waals surface area contributed by atoms with Crippen molar-refractivity contribution in [3.63, 3.8) is 0 Å². The number of benzene rings is 1. The minimum Gasteiger partial charge on any atom is -0.102 e. The summed E-state index contributed by atoms with van der Waals surface area (Å²) in [4.78, 5) is 0. The third-order valence-corrected chi connectivity index (χ3v) is 3.09. The molecule has 0 aliphatic heterocycles. The summed E-state index contributed by atoms with van der Waals surface area (Å²) in [6, 6.07) is 6.07. The Morgan fingerprint density at radius 2 is 2.14 bits per heavy atom. The average Bonchev–Trinajstić information content (AvgIpc) is 3.00. The van der Waals surface area contributed by atoms with Gasteiger partial charge in [0.15, 0.2) is 0 Å². The molecule has 0 nitrogen and oxygen atoms in total. The largest absolute Gasteiger partial charge is 0.102 e. The average molecular weight is 206 g/mol. The zero-order valence-corrected chi connectivity index (χ0v) is 8.93. The van der Waals surface area contributed by atoms with E-state index in [4.69, 9.17) is 11.6 Å². The molecule has 1 radical (unpaired) electrons. The molecule has 0 bridgehead atoms. The highest BCUT2D eigenvalue weighted by Gasteiger charge is 2.28. The van der Waals surface area contributed by atoms with Crippen molar-refractivity contribution in [1.82, 2.24) is 0 Å². The third kappa shape index (κ3) is 1.72. The number of hydrogen-bond donors (Lipinski definition) is 0. The fraction of sp³-hybridized carbons (Fsp3) is 0.308. The van der Waals surface area contributed by atoms with Crippen LogP contribution in [0.3, 0.4) is 0 Å². The number of hydrogen-bond acceptors (Lipinski definition) is 0. The van der Waals surface area contributed by atoms with Crippen LogP contribution in [-0.4, -0.2) is 0 Å². The van der Waals surface area contributed by atoms with Gasteiger partial charge >= 0.3 is 0 Å². The van der Waals surface area contributed by atoms with E-state index in [9.17, 15) is 0 Å². The van der Waals surface area contributed by atoms with Crippen molar-refractivity contribution >= 4 is 11.6 Å². The van der Waals surface area contributed by atoms with Crippen LogP contribution in [0.5, 0.6) is 0 Å². The predicted octanol–water partition coefficient (Wildman–Crippen LogP) is 4.32. The van der Waals surface area contributed by atoms with Crippen LogP contribution in [0.2, 0.25) is 5.02 Å². The Morgan fingerprint density at radius 3 is 2.71 bits per heavy atom. The normalized spacial score (nSPS) is 17.9. The first-order valence-corrected chi connectivity index (χ1v) is 5.35. The monoisotopic (exact) mass is 205 g/mol. The molecule has 1 aliphatic rings. The van der Waals surface area contributed by atoms with Crippen LogP contribution in [0.25, 0.3) is 0 Å². The molecule has 0 aromatic heterocycles. The first-order valence-electron chi connectivity index (χ1n) is 4.98. The second-order valence-electron chi connectivity index (χ2n) is 3.86. The van der Waals surface area contributed by atoms with Crippen LogP contribution in [-0.2, 0) is 0 Å². The molecule has 1 atom stereocenters. The van der Waals surface area contributed by atoms with Gasteiger partial charge < -0.3 is 0 Å². The van der Waals surface area contributed by atoms with Crippen LogP contribution in [0, 0.1) is 6.92 Å². The van der Waals surface area contributed by atoms with Crippen LogP contribution in [0.15, 0.2) is 30.9 Å². The van der Waals surface area contributed by atoms with E-state index in [1.54, 1.807) is 0 Å². The molecule has 73 valence electrons. The van der Waals surface area contributed by atoms with E-state index in [-0.39, 0.29) is 5.92 Å². The minimum absolute atomic E-state index is 0.157. The van der Waals surface area contributed by atoms with Gasteiger partial charge in [0.2, 0.25) is 0 Å². The molecule has 1 saturated carbocycles. The van der Waals surface area contributed by atoms with Gasteiger partial charge in [0.1, 0.15) is 0 Å². The summed E-state index contributed by atoms with van der Waals surface area (Å²) >= 11 is 6.20. The highest BCUT2D eigenvalue weighted by atomic mass is 35.5. The van der Waals surface area contributed by atoms with E-state index < -0.39 is 0 Å². The van der Waals surface area contributed by atoms with Gasteiger partial charge in [0, 0.05) is 10.9 Å². The summed E-state index contributed by atoms with van der Waals surface area (Å²) in [5.41, 5.74) is 2.55. The molecule has 0 amide bonds. The third-order valence-electron chi connectivity index (χ3n) is 2.76. The van der Waals surface area contributed by atoms with Gasteiger partial charge in [-0.1, -0.05) is 29.8 Å². The molecule has 0 saturated heterocycles. The van der Waals surface area contributed by atoms with Crippen molar-refractivity contribution < 1.29 is 0 Å². The van der Waals surface area contributed by atoms with E-state index in [2.05, 4.69) is 19.6 Å². The van der Waals surface area contributed by atoms with Crippen molar-refractivity contribution in [2.45, 2.75) is 24.7 Å². The van der Waals surface area contributed by atoms with E-state index in [0.29, 0.717) is 5.92 Å². The van der Waals surface area contributed by atoms with Crippen molar-refractivity contribution in [3.05, 3.63) is 53.9 Å². The number of rotatable bonds is 3. The van der Waals surface area contributed by atoms with Crippen LogP contribution < -0.4 is 0 Å². The quantitative estimate of drug-likeness (QED) is 0.645. The first kappa shape index (κ1) is 9.79. The molecule has 0 heterocycles. The maximum Gasteiger partial charge on any atom is 0.0443 e. The van der Waals surface area contributed by atoms with Crippen LogP contribution in [0.1, 0.15) is 35.8 Å². The number of halogens is 1. The number of allylic oxidation sites excluding steroid dienone is 1. The summed E-state index contributed by atoms with van der Waals surface area (Å²) in [5.74, 6) is 0.826. The van der Waals surface area contributed by atoms with Gasteiger partial charge in [0.05, 0.1) is 0 Å². The van der Waals surface area contributed by atoms with Crippen molar-refractivity contribution in [1.29, 1.82) is 0 Å². The lowest BCUT2D eigenvalue weighted by molar-refractivity contribution is 0.999. The Balaban J connectivity index is 2.46. The maximum absolute atomic E-state index is 6.20. The van der Waals surface area contributed by atoms with E-state index in [1.165, 1.54) is 24.0 Å². The fourth-order valence-corrected chi connectivity index (χ4v) is 2.14. The molecule has 1 aromatic carbocycles. The smallest absolute Gasteiger partial charge is 0.0443 e. The Kier molecular flexibility index (Phi) is 2.64. The Bertz CT molecular complexity index is 350. The predicted molar refractivity (Wildman–Crippen MR) is 61.7 cm³/mol. The Hall–Kier alpha value is -0.750. The van der Waals surface area contributed by atoms with Gasteiger partial charge in [-0.05, 0) is 42.9 Å². The first-order chi connectivity index (χ1) is 6.74. The molecule has 14 heavy (non-hydrogen) atoms. The molecular formula is C13H14Cl. The topological polar surface area (TPSA) is 0 Å². The second-order valence-corrected chi connectivity index (χ2v) is 4.27. The van der Waals surface area contributed by atoms with Crippen LogP contribution in [0.4, 0.5) is 0 Å². The van der Waals surface area contributed by atoms with E-state index >= 15 is 0 Å². The summed E-state index contributed by atoms with van der Waals surface area (Å²) in [6.45, 7) is 7.84. The van der Waals surface area contributed by atoms with Crippen molar-refractivity contribution in [2.75, 3.05) is 0 Å². The molecule has 1 heteroatoms.